The maximum atomic E-state index is 8.90. The van der Waals surface area contributed by atoms with E-state index in [9.17, 15) is 0 Å². The quantitative estimate of drug-likeness (QED) is 0.347. The van der Waals surface area contributed by atoms with Crippen LogP contribution in [0.3, 0.4) is 0 Å². The Morgan fingerprint density at radius 2 is 2.18 bits per heavy atom. The zero-order valence-electron chi connectivity index (χ0n) is 13.4. The third-order valence-corrected chi connectivity index (χ3v) is 4.09. The van der Waals surface area contributed by atoms with Crippen molar-refractivity contribution in [2.45, 2.75) is 32.6 Å². The Hall–Kier alpha value is -1.81. The van der Waals surface area contributed by atoms with Crippen LogP contribution in [0.15, 0.2) is 48.1 Å². The minimum Gasteiger partial charge on any atom is -0.372 e. The van der Waals surface area contributed by atoms with E-state index in [0.717, 1.165) is 25.2 Å². The zero-order valence-corrected chi connectivity index (χ0v) is 13.4. The summed E-state index contributed by atoms with van der Waals surface area (Å²) in [6, 6.07) is 9.90. The predicted octanol–water partition coefficient (Wildman–Crippen LogP) is 3.78. The van der Waals surface area contributed by atoms with Crippen LogP contribution in [0.2, 0.25) is 0 Å². The molecule has 1 heterocycles. The number of benzene rings is 1. The van der Waals surface area contributed by atoms with E-state index < -0.39 is 0 Å². The molecule has 1 saturated heterocycles. The number of likely N-dealkylation sites (tertiary alicyclic amines) is 1. The fraction of sp³-hybridized carbons (Fsp3) is 0.529. The van der Waals surface area contributed by atoms with Crippen LogP contribution in [0.25, 0.3) is 10.4 Å². The van der Waals surface area contributed by atoms with Gasteiger partial charge in [-0.05, 0) is 16.5 Å². The van der Waals surface area contributed by atoms with Crippen molar-refractivity contribution in [1.82, 2.24) is 4.90 Å². The Labute approximate surface area is 132 Å². The minimum absolute atomic E-state index is 0.111. The highest BCUT2D eigenvalue weighted by atomic mass is 16.5. The molecule has 5 nitrogen and oxygen atoms in total. The highest BCUT2D eigenvalue weighted by Gasteiger charge is 2.42. The summed E-state index contributed by atoms with van der Waals surface area (Å²) in [7, 11) is 0. The minimum atomic E-state index is -0.165. The van der Waals surface area contributed by atoms with Crippen LogP contribution in [0.5, 0.6) is 0 Å². The number of azide groups is 1. The van der Waals surface area contributed by atoms with Crippen molar-refractivity contribution >= 4 is 0 Å². The molecule has 5 heteroatoms. The first-order chi connectivity index (χ1) is 10.6. The molecule has 2 rings (SSSR count). The maximum Gasteiger partial charge on any atom is 0.0796 e. The maximum absolute atomic E-state index is 8.90. The molecule has 2 atom stereocenters. The van der Waals surface area contributed by atoms with Gasteiger partial charge in [0, 0.05) is 24.5 Å². The van der Waals surface area contributed by atoms with Gasteiger partial charge in [0.15, 0.2) is 0 Å². The molecule has 1 fully saturated rings. The van der Waals surface area contributed by atoms with Gasteiger partial charge in [-0.1, -0.05) is 55.4 Å². The molecular weight excluding hydrogens is 276 g/mol. The average Bonchev–Trinajstić information content (AvgIpc) is 2.49. The number of hydrogen-bond donors (Lipinski definition) is 0. The summed E-state index contributed by atoms with van der Waals surface area (Å²) in [5.41, 5.74) is 9.89. The van der Waals surface area contributed by atoms with Gasteiger partial charge in [-0.15, -0.1) is 6.58 Å². The topological polar surface area (TPSA) is 61.2 Å². The first-order valence-electron chi connectivity index (χ1n) is 7.60. The van der Waals surface area contributed by atoms with E-state index in [4.69, 9.17) is 10.3 Å². The zero-order chi connectivity index (χ0) is 16.0. The van der Waals surface area contributed by atoms with Gasteiger partial charge in [0.05, 0.1) is 18.8 Å². The normalized spacial score (nSPS) is 24.5. The Kier molecular flexibility index (Phi) is 5.61. The van der Waals surface area contributed by atoms with Crippen molar-refractivity contribution in [3.63, 3.8) is 0 Å². The van der Waals surface area contributed by atoms with Crippen LogP contribution >= 0.6 is 0 Å². The van der Waals surface area contributed by atoms with Gasteiger partial charge in [0.25, 0.3) is 0 Å². The third-order valence-electron chi connectivity index (χ3n) is 4.09. The molecule has 0 aliphatic carbocycles. The van der Waals surface area contributed by atoms with E-state index in [1.807, 2.05) is 36.4 Å². The van der Waals surface area contributed by atoms with Crippen molar-refractivity contribution in [1.29, 1.82) is 0 Å². The van der Waals surface area contributed by atoms with Gasteiger partial charge < -0.3 is 4.74 Å². The largest absolute Gasteiger partial charge is 0.372 e. The van der Waals surface area contributed by atoms with E-state index in [1.165, 1.54) is 0 Å². The summed E-state index contributed by atoms with van der Waals surface area (Å²) in [5.74, 6) is 0. The SMILES string of the molecule is C=CCN1C[C@@H](OCc2ccccc2)[C@@H](N=[N+]=[N-])C(C)(C)C1. The Morgan fingerprint density at radius 3 is 2.82 bits per heavy atom. The average molecular weight is 300 g/mol. The molecule has 0 saturated carbocycles. The number of nitrogens with zero attached hydrogens (tertiary/aromatic N) is 4. The molecular formula is C17H24N4O. The summed E-state index contributed by atoms with van der Waals surface area (Å²) in [5, 5.41) is 4.03. The van der Waals surface area contributed by atoms with Crippen LogP contribution in [-0.4, -0.2) is 36.7 Å². The summed E-state index contributed by atoms with van der Waals surface area (Å²) < 4.78 is 6.11. The molecule has 0 bridgehead atoms. The van der Waals surface area contributed by atoms with E-state index in [1.54, 1.807) is 0 Å². The van der Waals surface area contributed by atoms with Gasteiger partial charge in [-0.2, -0.15) is 0 Å². The molecule has 1 aromatic rings. The van der Waals surface area contributed by atoms with Crippen molar-refractivity contribution in [3.8, 4) is 0 Å². The number of ether oxygens (including phenoxy) is 1. The predicted molar refractivity (Wildman–Crippen MR) is 88.4 cm³/mol. The molecule has 0 amide bonds. The lowest BCUT2D eigenvalue weighted by Crippen LogP contribution is -2.56. The van der Waals surface area contributed by atoms with Crippen molar-refractivity contribution in [2.24, 2.45) is 10.5 Å². The van der Waals surface area contributed by atoms with Crippen molar-refractivity contribution < 1.29 is 4.74 Å². The van der Waals surface area contributed by atoms with Crippen LogP contribution in [0.4, 0.5) is 0 Å². The first kappa shape index (κ1) is 16.6. The third kappa shape index (κ3) is 4.10. The van der Waals surface area contributed by atoms with Gasteiger partial charge in [0.1, 0.15) is 0 Å². The second-order valence-corrected chi connectivity index (χ2v) is 6.46. The number of hydrogen-bond acceptors (Lipinski definition) is 3. The molecule has 0 radical (unpaired) electrons. The molecule has 1 aliphatic heterocycles. The van der Waals surface area contributed by atoms with Gasteiger partial charge >= 0.3 is 0 Å². The summed E-state index contributed by atoms with van der Waals surface area (Å²) in [6.45, 7) is 11.0. The van der Waals surface area contributed by atoms with Crippen LogP contribution in [0.1, 0.15) is 19.4 Å². The van der Waals surface area contributed by atoms with E-state index in [-0.39, 0.29) is 17.6 Å². The highest BCUT2D eigenvalue weighted by Crippen LogP contribution is 2.33. The molecule has 0 spiro atoms. The van der Waals surface area contributed by atoms with E-state index in [2.05, 4.69) is 35.4 Å². The second kappa shape index (κ2) is 7.45. The number of rotatable bonds is 6. The molecule has 118 valence electrons. The fourth-order valence-electron chi connectivity index (χ4n) is 3.12. The second-order valence-electron chi connectivity index (χ2n) is 6.46. The monoisotopic (exact) mass is 300 g/mol. The number of piperidine rings is 1. The molecule has 0 unspecified atom stereocenters. The Bertz CT molecular complexity index is 537. The van der Waals surface area contributed by atoms with Crippen LogP contribution in [0, 0.1) is 5.41 Å². The lowest BCUT2D eigenvalue weighted by molar-refractivity contribution is -0.0622. The molecule has 1 aliphatic rings. The van der Waals surface area contributed by atoms with Gasteiger partial charge in [0.2, 0.25) is 0 Å². The smallest absolute Gasteiger partial charge is 0.0796 e. The van der Waals surface area contributed by atoms with Gasteiger partial charge in [-0.3, -0.25) is 4.90 Å². The summed E-state index contributed by atoms with van der Waals surface area (Å²) in [6.07, 6.45) is 1.79. The molecule has 1 aromatic carbocycles. The summed E-state index contributed by atoms with van der Waals surface area (Å²) in [4.78, 5) is 5.34. The van der Waals surface area contributed by atoms with Crippen LogP contribution in [-0.2, 0) is 11.3 Å². The standard InChI is InChI=1S/C17H24N4O/c1-4-10-21-11-15(16(19-20-18)17(2,3)13-21)22-12-14-8-6-5-7-9-14/h4-9,15-16H,1,10-13H2,2-3H3/t15-,16-/m1/s1. The van der Waals surface area contributed by atoms with E-state index >= 15 is 0 Å². The van der Waals surface area contributed by atoms with Gasteiger partial charge in [-0.25, -0.2) is 0 Å². The Morgan fingerprint density at radius 1 is 1.45 bits per heavy atom. The highest BCUT2D eigenvalue weighted by molar-refractivity contribution is 5.13. The lowest BCUT2D eigenvalue weighted by atomic mass is 9.78. The van der Waals surface area contributed by atoms with Crippen molar-refractivity contribution in [2.75, 3.05) is 19.6 Å². The fourth-order valence-corrected chi connectivity index (χ4v) is 3.12. The molecule has 22 heavy (non-hydrogen) atoms. The Balaban J connectivity index is 2.12. The van der Waals surface area contributed by atoms with Crippen LogP contribution < -0.4 is 0 Å². The van der Waals surface area contributed by atoms with E-state index in [0.29, 0.717) is 6.61 Å². The van der Waals surface area contributed by atoms with Crippen molar-refractivity contribution in [3.05, 3.63) is 59.0 Å². The first-order valence-corrected chi connectivity index (χ1v) is 7.60. The molecule has 0 N–H and O–H groups in total. The lowest BCUT2D eigenvalue weighted by Gasteiger charge is -2.46. The summed E-state index contributed by atoms with van der Waals surface area (Å²) >= 11 is 0. The molecule has 0 aromatic heterocycles.